The Morgan fingerprint density at radius 1 is 1.15 bits per heavy atom. The van der Waals surface area contributed by atoms with Crippen molar-refractivity contribution in [3.63, 3.8) is 0 Å². The maximum absolute atomic E-state index is 12.7. The van der Waals surface area contributed by atoms with Crippen LogP contribution >= 0.6 is 0 Å². The van der Waals surface area contributed by atoms with Crippen LogP contribution in [0, 0.1) is 12.8 Å². The van der Waals surface area contributed by atoms with Crippen molar-refractivity contribution < 1.29 is 27.5 Å². The van der Waals surface area contributed by atoms with Gasteiger partial charge in [-0.25, -0.2) is 18.4 Å². The van der Waals surface area contributed by atoms with Crippen molar-refractivity contribution in [3.05, 3.63) is 59.2 Å². The molecule has 1 atom stereocenters. The summed E-state index contributed by atoms with van der Waals surface area (Å²) < 4.78 is 28.3. The molecule has 0 aromatic heterocycles. The summed E-state index contributed by atoms with van der Waals surface area (Å²) in [6.45, 7) is 5.17. The minimum atomic E-state index is -3.84. The van der Waals surface area contributed by atoms with Gasteiger partial charge in [-0.3, -0.25) is 9.59 Å². The number of sulfonamides is 1. The van der Waals surface area contributed by atoms with E-state index in [0.29, 0.717) is 29.8 Å². The summed E-state index contributed by atoms with van der Waals surface area (Å²) in [5.41, 5.74) is 2.46. The van der Waals surface area contributed by atoms with Crippen molar-refractivity contribution in [3.8, 4) is 0 Å². The Bertz CT molecular complexity index is 1190. The summed E-state index contributed by atoms with van der Waals surface area (Å²) >= 11 is 0. The van der Waals surface area contributed by atoms with Gasteiger partial charge in [-0.05, 0) is 54.7 Å². The third kappa shape index (κ3) is 5.58. The number of fused-ring (bicyclic) bond motifs is 1. The molecule has 2 aromatic carbocycles. The van der Waals surface area contributed by atoms with Gasteiger partial charge in [0.05, 0.1) is 4.90 Å². The van der Waals surface area contributed by atoms with E-state index < -0.39 is 40.5 Å². The third-order valence-corrected chi connectivity index (χ3v) is 6.42. The number of carbonyl (C=O) groups is 3. The Labute approximate surface area is 193 Å². The Balaban J connectivity index is 1.64. The second-order valence-corrected chi connectivity index (χ2v) is 9.81. The summed E-state index contributed by atoms with van der Waals surface area (Å²) in [5.74, 6) is -1.80. The molecule has 1 aliphatic rings. The molecule has 1 aliphatic heterocycles. The van der Waals surface area contributed by atoms with Gasteiger partial charge in [-0.15, -0.1) is 0 Å². The Kier molecular flexibility index (Phi) is 7.19. The molecule has 0 fully saturated rings. The van der Waals surface area contributed by atoms with Crippen LogP contribution in [0.2, 0.25) is 0 Å². The van der Waals surface area contributed by atoms with E-state index >= 15 is 0 Å². The van der Waals surface area contributed by atoms with Crippen LogP contribution in [0.25, 0.3) is 0 Å². The predicted octanol–water partition coefficient (Wildman–Crippen LogP) is 1.53. The first-order valence-electron chi connectivity index (χ1n) is 10.5. The third-order valence-electron chi connectivity index (χ3n) is 5.51. The van der Waals surface area contributed by atoms with E-state index in [1.807, 2.05) is 6.07 Å². The molecule has 0 unspecified atom stereocenters. The van der Waals surface area contributed by atoms with E-state index in [9.17, 15) is 22.8 Å². The van der Waals surface area contributed by atoms with Crippen molar-refractivity contribution in [1.82, 2.24) is 5.32 Å². The molecule has 0 bridgehead atoms. The number of amides is 2. The minimum Gasteiger partial charge on any atom is -0.454 e. The zero-order valence-electron chi connectivity index (χ0n) is 18.7. The molecule has 3 N–H and O–H groups in total. The van der Waals surface area contributed by atoms with Crippen molar-refractivity contribution in [2.24, 2.45) is 11.1 Å². The number of nitrogens with one attached hydrogen (secondary N) is 1. The van der Waals surface area contributed by atoms with Gasteiger partial charge in [0.15, 0.2) is 6.61 Å². The highest BCUT2D eigenvalue weighted by atomic mass is 32.2. The van der Waals surface area contributed by atoms with Gasteiger partial charge >= 0.3 is 5.97 Å². The maximum atomic E-state index is 12.7. The van der Waals surface area contributed by atoms with Crippen molar-refractivity contribution in [1.29, 1.82) is 0 Å². The predicted molar refractivity (Wildman–Crippen MR) is 122 cm³/mol. The summed E-state index contributed by atoms with van der Waals surface area (Å²) in [4.78, 5) is 39.4. The molecule has 0 saturated heterocycles. The van der Waals surface area contributed by atoms with Gasteiger partial charge in [0, 0.05) is 17.8 Å². The van der Waals surface area contributed by atoms with E-state index in [-0.39, 0.29) is 10.8 Å². The molecule has 0 radical (unpaired) electrons. The van der Waals surface area contributed by atoms with Crippen molar-refractivity contribution in [2.45, 2.75) is 38.1 Å². The van der Waals surface area contributed by atoms with Gasteiger partial charge < -0.3 is 15.0 Å². The first kappa shape index (κ1) is 24.4. The zero-order chi connectivity index (χ0) is 24.3. The van der Waals surface area contributed by atoms with Crippen molar-refractivity contribution in [2.75, 3.05) is 18.1 Å². The Morgan fingerprint density at radius 3 is 2.48 bits per heavy atom. The lowest BCUT2D eigenvalue weighted by molar-refractivity contribution is -0.150. The number of ether oxygens (including phenoxy) is 1. The number of rotatable bonds is 7. The molecular formula is C23H27N3O6S. The molecule has 2 aromatic rings. The number of aryl methyl sites for hydroxylation is 1. The van der Waals surface area contributed by atoms with Crippen LogP contribution in [-0.4, -0.2) is 45.4 Å². The number of carbonyl (C=O) groups excluding carboxylic acids is 3. The summed E-state index contributed by atoms with van der Waals surface area (Å²) in [6.07, 6.45) is 0.458. The molecule has 0 aliphatic carbocycles. The largest absolute Gasteiger partial charge is 0.454 e. The number of hydrogen-bond donors (Lipinski definition) is 2. The minimum absolute atomic E-state index is 0.0221. The Hall–Kier alpha value is -3.24. The monoisotopic (exact) mass is 473 g/mol. The summed E-state index contributed by atoms with van der Waals surface area (Å²) in [6, 6.07) is 10.4. The SMILES string of the molecule is Cc1ccccc1C(=O)N[C@H](C(=O)OCC(=O)N1CCc2cc(S(N)(=O)=O)ccc21)C(C)C. The zero-order valence-corrected chi connectivity index (χ0v) is 19.5. The summed E-state index contributed by atoms with van der Waals surface area (Å²) in [7, 11) is -3.84. The lowest BCUT2D eigenvalue weighted by Crippen LogP contribution is -2.46. The second-order valence-electron chi connectivity index (χ2n) is 8.25. The topological polar surface area (TPSA) is 136 Å². The number of anilines is 1. The number of hydrogen-bond acceptors (Lipinski definition) is 6. The average molecular weight is 474 g/mol. The Morgan fingerprint density at radius 2 is 1.85 bits per heavy atom. The van der Waals surface area contributed by atoms with E-state index in [0.717, 1.165) is 5.56 Å². The van der Waals surface area contributed by atoms with Gasteiger partial charge in [0.1, 0.15) is 6.04 Å². The highest BCUT2D eigenvalue weighted by Gasteiger charge is 2.30. The molecule has 10 heteroatoms. The van der Waals surface area contributed by atoms with Gasteiger partial charge in [-0.2, -0.15) is 0 Å². The first-order valence-corrected chi connectivity index (χ1v) is 12.0. The molecule has 0 spiro atoms. The summed E-state index contributed by atoms with van der Waals surface area (Å²) in [5, 5.41) is 7.86. The molecule has 3 rings (SSSR count). The van der Waals surface area contributed by atoms with Crippen LogP contribution in [0.3, 0.4) is 0 Å². The molecule has 0 saturated carbocycles. The van der Waals surface area contributed by atoms with Gasteiger partial charge in [-0.1, -0.05) is 32.0 Å². The standard InChI is InChI=1S/C23H27N3O6S/c1-14(2)21(25-22(28)18-7-5-4-6-15(18)3)23(29)32-13-20(27)26-11-10-16-12-17(33(24,30)31)8-9-19(16)26/h4-9,12,14,21H,10-11,13H2,1-3H3,(H,25,28)(H2,24,30,31)/t21-/m0/s1. The van der Waals surface area contributed by atoms with E-state index in [4.69, 9.17) is 9.88 Å². The smallest absolute Gasteiger partial charge is 0.329 e. The molecule has 9 nitrogen and oxygen atoms in total. The highest BCUT2D eigenvalue weighted by Crippen LogP contribution is 2.30. The molecule has 2 amide bonds. The first-order chi connectivity index (χ1) is 15.5. The second kappa shape index (κ2) is 9.72. The fourth-order valence-corrected chi connectivity index (χ4v) is 4.22. The average Bonchev–Trinajstić information content (AvgIpc) is 3.18. The van der Waals surface area contributed by atoms with Crippen LogP contribution < -0.4 is 15.4 Å². The fraction of sp³-hybridized carbons (Fsp3) is 0.348. The van der Waals surface area contributed by atoms with E-state index in [2.05, 4.69) is 5.32 Å². The quantitative estimate of drug-likeness (QED) is 0.586. The normalized spacial score (nSPS) is 14.0. The molecule has 33 heavy (non-hydrogen) atoms. The van der Waals surface area contributed by atoms with Crippen LogP contribution in [0.1, 0.15) is 35.3 Å². The van der Waals surface area contributed by atoms with E-state index in [1.165, 1.54) is 23.1 Å². The van der Waals surface area contributed by atoms with Crippen LogP contribution in [0.15, 0.2) is 47.4 Å². The maximum Gasteiger partial charge on any atom is 0.329 e. The van der Waals surface area contributed by atoms with Crippen molar-refractivity contribution >= 4 is 33.5 Å². The van der Waals surface area contributed by atoms with Crippen LogP contribution in [0.4, 0.5) is 5.69 Å². The lowest BCUT2D eigenvalue weighted by Gasteiger charge is -2.22. The molecular weight excluding hydrogens is 446 g/mol. The van der Waals surface area contributed by atoms with E-state index in [1.54, 1.807) is 39.0 Å². The molecule has 176 valence electrons. The lowest BCUT2D eigenvalue weighted by atomic mass is 10.0. The van der Waals surface area contributed by atoms with Gasteiger partial charge in [0.25, 0.3) is 11.8 Å². The number of nitrogens with zero attached hydrogens (tertiary/aromatic N) is 1. The number of nitrogens with two attached hydrogens (primary N) is 1. The van der Waals surface area contributed by atoms with Gasteiger partial charge in [0.2, 0.25) is 10.0 Å². The van der Waals surface area contributed by atoms with Crippen LogP contribution in [-0.2, 0) is 30.8 Å². The van der Waals surface area contributed by atoms with Crippen LogP contribution in [0.5, 0.6) is 0 Å². The number of esters is 1. The fourth-order valence-electron chi connectivity index (χ4n) is 3.66. The number of primary sulfonamides is 1. The number of benzene rings is 2. The highest BCUT2D eigenvalue weighted by molar-refractivity contribution is 7.89. The molecule has 1 heterocycles.